The van der Waals surface area contributed by atoms with Crippen LogP contribution in [0.25, 0.3) is 0 Å². The fraction of sp³-hybridized carbons (Fsp3) is 0.647. The standard InChI is InChI=1S/C17H26ClN/c1-3-5-6-14(4-2)11-17(12-19-13-17)15-7-9-16(18)10-8-15/h7-10,14,19H,3-6,11-13H2,1-2H3. The Morgan fingerprint density at radius 3 is 2.37 bits per heavy atom. The largest absolute Gasteiger partial charge is 0.315 e. The van der Waals surface area contributed by atoms with Crippen molar-refractivity contribution in [1.29, 1.82) is 0 Å². The van der Waals surface area contributed by atoms with Crippen molar-refractivity contribution in [3.63, 3.8) is 0 Å². The fourth-order valence-corrected chi connectivity index (χ4v) is 3.32. The summed E-state index contributed by atoms with van der Waals surface area (Å²) in [5.74, 6) is 0.859. The molecule has 2 rings (SSSR count). The predicted molar refractivity (Wildman–Crippen MR) is 83.9 cm³/mol. The lowest BCUT2D eigenvalue weighted by molar-refractivity contribution is 0.206. The van der Waals surface area contributed by atoms with E-state index in [9.17, 15) is 0 Å². The van der Waals surface area contributed by atoms with E-state index >= 15 is 0 Å². The van der Waals surface area contributed by atoms with Crippen LogP contribution in [0.1, 0.15) is 51.5 Å². The lowest BCUT2D eigenvalue weighted by Gasteiger charge is -2.45. The Morgan fingerprint density at radius 1 is 1.21 bits per heavy atom. The average Bonchev–Trinajstić information content (AvgIpc) is 2.39. The monoisotopic (exact) mass is 279 g/mol. The van der Waals surface area contributed by atoms with Crippen molar-refractivity contribution in [3.8, 4) is 0 Å². The van der Waals surface area contributed by atoms with Crippen LogP contribution in [0.3, 0.4) is 0 Å². The summed E-state index contributed by atoms with van der Waals surface area (Å²) >= 11 is 6.01. The van der Waals surface area contributed by atoms with E-state index in [1.807, 2.05) is 12.1 Å². The second-order valence-corrected chi connectivity index (χ2v) is 6.45. The Kier molecular flexibility index (Phi) is 5.29. The van der Waals surface area contributed by atoms with Gasteiger partial charge in [0.05, 0.1) is 0 Å². The quantitative estimate of drug-likeness (QED) is 0.757. The third kappa shape index (κ3) is 3.52. The van der Waals surface area contributed by atoms with Crippen LogP contribution in [0.15, 0.2) is 24.3 Å². The fourth-order valence-electron chi connectivity index (χ4n) is 3.19. The summed E-state index contributed by atoms with van der Waals surface area (Å²) in [6.45, 7) is 6.86. The van der Waals surface area contributed by atoms with E-state index in [2.05, 4.69) is 31.3 Å². The summed E-state index contributed by atoms with van der Waals surface area (Å²) in [6.07, 6.45) is 6.67. The van der Waals surface area contributed by atoms with Gasteiger partial charge in [0, 0.05) is 23.5 Å². The number of benzene rings is 1. The first-order valence-corrected chi connectivity index (χ1v) is 8.05. The summed E-state index contributed by atoms with van der Waals surface area (Å²) in [4.78, 5) is 0. The van der Waals surface area contributed by atoms with Gasteiger partial charge in [-0.05, 0) is 30.0 Å². The van der Waals surface area contributed by atoms with E-state index in [1.165, 1.54) is 37.7 Å². The zero-order valence-electron chi connectivity index (χ0n) is 12.2. The smallest absolute Gasteiger partial charge is 0.0406 e. The van der Waals surface area contributed by atoms with E-state index < -0.39 is 0 Å². The highest BCUT2D eigenvalue weighted by molar-refractivity contribution is 6.30. The maximum atomic E-state index is 6.01. The van der Waals surface area contributed by atoms with Gasteiger partial charge in [0.25, 0.3) is 0 Å². The molecule has 2 heteroatoms. The molecule has 1 fully saturated rings. The number of nitrogens with one attached hydrogen (secondary N) is 1. The second-order valence-electron chi connectivity index (χ2n) is 6.01. The van der Waals surface area contributed by atoms with Crippen LogP contribution in [0.5, 0.6) is 0 Å². The van der Waals surface area contributed by atoms with Gasteiger partial charge in [-0.25, -0.2) is 0 Å². The predicted octanol–water partition coefficient (Wildman–Crippen LogP) is 4.79. The minimum Gasteiger partial charge on any atom is -0.315 e. The number of hydrogen-bond donors (Lipinski definition) is 1. The second kappa shape index (κ2) is 6.76. The van der Waals surface area contributed by atoms with Crippen LogP contribution in [-0.2, 0) is 5.41 Å². The number of rotatable bonds is 7. The van der Waals surface area contributed by atoms with Crippen molar-refractivity contribution in [2.45, 2.75) is 51.4 Å². The molecule has 0 spiro atoms. The molecule has 1 N–H and O–H groups in total. The Balaban J connectivity index is 2.07. The summed E-state index contributed by atoms with van der Waals surface area (Å²) < 4.78 is 0. The summed E-state index contributed by atoms with van der Waals surface area (Å²) in [5.41, 5.74) is 1.82. The van der Waals surface area contributed by atoms with Gasteiger partial charge >= 0.3 is 0 Å². The van der Waals surface area contributed by atoms with Crippen molar-refractivity contribution in [1.82, 2.24) is 5.32 Å². The van der Waals surface area contributed by atoms with E-state index in [-0.39, 0.29) is 0 Å². The van der Waals surface area contributed by atoms with Crippen LogP contribution in [0.4, 0.5) is 0 Å². The van der Waals surface area contributed by atoms with Gasteiger partial charge in [0.2, 0.25) is 0 Å². The first-order chi connectivity index (χ1) is 9.20. The highest BCUT2D eigenvalue weighted by Gasteiger charge is 2.39. The molecule has 1 atom stereocenters. The summed E-state index contributed by atoms with van der Waals surface area (Å²) in [7, 11) is 0. The van der Waals surface area contributed by atoms with Crippen LogP contribution in [0.2, 0.25) is 5.02 Å². The molecule has 1 aromatic rings. The lowest BCUT2D eigenvalue weighted by atomic mass is 9.68. The molecule has 1 aromatic carbocycles. The maximum Gasteiger partial charge on any atom is 0.0406 e. The Hall–Kier alpha value is -0.530. The molecule has 0 aliphatic carbocycles. The molecule has 1 aliphatic rings. The highest BCUT2D eigenvalue weighted by atomic mass is 35.5. The van der Waals surface area contributed by atoms with Crippen LogP contribution >= 0.6 is 11.6 Å². The van der Waals surface area contributed by atoms with E-state index in [4.69, 9.17) is 11.6 Å². The third-order valence-corrected chi connectivity index (χ3v) is 4.86. The van der Waals surface area contributed by atoms with Crippen molar-refractivity contribution in [2.24, 2.45) is 5.92 Å². The Morgan fingerprint density at radius 2 is 1.89 bits per heavy atom. The van der Waals surface area contributed by atoms with E-state index in [0.29, 0.717) is 5.41 Å². The summed E-state index contributed by atoms with van der Waals surface area (Å²) in [5, 5.41) is 4.30. The molecule has 1 aliphatic heterocycles. The minimum atomic E-state index is 0.360. The molecule has 1 saturated heterocycles. The van der Waals surface area contributed by atoms with E-state index in [1.54, 1.807) is 0 Å². The van der Waals surface area contributed by atoms with Crippen molar-refractivity contribution in [2.75, 3.05) is 13.1 Å². The van der Waals surface area contributed by atoms with Crippen LogP contribution in [-0.4, -0.2) is 13.1 Å². The molecular formula is C17H26ClN. The van der Waals surface area contributed by atoms with Gasteiger partial charge in [-0.15, -0.1) is 0 Å². The van der Waals surface area contributed by atoms with Crippen molar-refractivity contribution >= 4 is 11.6 Å². The maximum absolute atomic E-state index is 6.01. The van der Waals surface area contributed by atoms with E-state index in [0.717, 1.165) is 24.0 Å². The van der Waals surface area contributed by atoms with Crippen LogP contribution in [0, 0.1) is 5.92 Å². The Bertz CT molecular complexity index is 381. The van der Waals surface area contributed by atoms with Gasteiger partial charge < -0.3 is 5.32 Å². The molecule has 1 nitrogen and oxygen atoms in total. The first kappa shape index (κ1) is 14.9. The highest BCUT2D eigenvalue weighted by Crippen LogP contribution is 2.37. The Labute approximate surface area is 122 Å². The van der Waals surface area contributed by atoms with Gasteiger partial charge in [0.15, 0.2) is 0 Å². The van der Waals surface area contributed by atoms with Crippen LogP contribution < -0.4 is 5.32 Å². The molecule has 1 heterocycles. The zero-order valence-corrected chi connectivity index (χ0v) is 13.0. The molecule has 0 amide bonds. The van der Waals surface area contributed by atoms with Crippen molar-refractivity contribution < 1.29 is 0 Å². The van der Waals surface area contributed by atoms with Gasteiger partial charge in [0.1, 0.15) is 0 Å². The first-order valence-electron chi connectivity index (χ1n) is 7.67. The molecule has 0 radical (unpaired) electrons. The van der Waals surface area contributed by atoms with Gasteiger partial charge in [-0.1, -0.05) is 63.3 Å². The molecule has 0 saturated carbocycles. The van der Waals surface area contributed by atoms with Crippen molar-refractivity contribution in [3.05, 3.63) is 34.9 Å². The summed E-state index contributed by atoms with van der Waals surface area (Å²) in [6, 6.07) is 8.50. The molecule has 19 heavy (non-hydrogen) atoms. The SMILES string of the molecule is CCCCC(CC)CC1(c2ccc(Cl)cc2)CNC1. The number of unbranched alkanes of at least 4 members (excludes halogenated alkanes) is 1. The van der Waals surface area contributed by atoms with Gasteiger partial charge in [-0.2, -0.15) is 0 Å². The topological polar surface area (TPSA) is 12.0 Å². The minimum absolute atomic E-state index is 0.360. The normalized spacial score (nSPS) is 18.9. The van der Waals surface area contributed by atoms with Gasteiger partial charge in [-0.3, -0.25) is 0 Å². The lowest BCUT2D eigenvalue weighted by Crippen LogP contribution is -2.57. The molecular weight excluding hydrogens is 254 g/mol. The molecule has 1 unspecified atom stereocenters. The molecule has 0 bridgehead atoms. The molecule has 0 aromatic heterocycles. The number of halogens is 1. The molecule has 106 valence electrons. The number of hydrogen-bond acceptors (Lipinski definition) is 1. The average molecular weight is 280 g/mol. The third-order valence-electron chi connectivity index (χ3n) is 4.61. The zero-order chi connectivity index (χ0) is 13.7.